The van der Waals surface area contributed by atoms with Crippen LogP contribution in [0.1, 0.15) is 6.92 Å². The summed E-state index contributed by atoms with van der Waals surface area (Å²) in [6.45, 7) is 1.69. The molecule has 0 aliphatic carbocycles. The van der Waals surface area contributed by atoms with Crippen LogP contribution in [-0.4, -0.2) is 36.3 Å². The van der Waals surface area contributed by atoms with Crippen LogP contribution in [0.3, 0.4) is 0 Å². The van der Waals surface area contributed by atoms with Crippen LogP contribution >= 0.6 is 11.8 Å². The first kappa shape index (κ1) is 19.5. The van der Waals surface area contributed by atoms with Crippen molar-refractivity contribution in [3.63, 3.8) is 0 Å². The summed E-state index contributed by atoms with van der Waals surface area (Å²) in [4.78, 5) is 23.3. The molecule has 1 aromatic heterocycles. The van der Waals surface area contributed by atoms with Gasteiger partial charge in [-0.2, -0.15) is 4.68 Å². The molecular formula is C20H16N6O3S. The predicted octanol–water partition coefficient (Wildman–Crippen LogP) is 3.84. The van der Waals surface area contributed by atoms with Gasteiger partial charge in [-0.15, -0.1) is 5.10 Å². The molecule has 30 heavy (non-hydrogen) atoms. The molecule has 1 atom stereocenters. The van der Waals surface area contributed by atoms with Gasteiger partial charge in [0.1, 0.15) is 5.69 Å². The highest BCUT2D eigenvalue weighted by molar-refractivity contribution is 8.00. The number of para-hydroxylation sites is 2. The van der Waals surface area contributed by atoms with Gasteiger partial charge in [0.05, 0.1) is 15.9 Å². The minimum Gasteiger partial charge on any atom is -0.319 e. The van der Waals surface area contributed by atoms with Crippen molar-refractivity contribution < 1.29 is 9.72 Å². The van der Waals surface area contributed by atoms with Crippen molar-refractivity contribution in [2.24, 2.45) is 0 Å². The zero-order valence-electron chi connectivity index (χ0n) is 15.8. The number of amides is 1. The average Bonchev–Trinajstić information content (AvgIpc) is 3.21. The van der Waals surface area contributed by atoms with Gasteiger partial charge in [-0.1, -0.05) is 60.3 Å². The smallest absolute Gasteiger partial charge is 0.292 e. The van der Waals surface area contributed by atoms with E-state index in [1.807, 2.05) is 42.5 Å². The van der Waals surface area contributed by atoms with E-state index in [9.17, 15) is 14.9 Å². The molecule has 0 saturated carbocycles. The van der Waals surface area contributed by atoms with Crippen molar-refractivity contribution in [1.82, 2.24) is 20.2 Å². The van der Waals surface area contributed by atoms with Crippen LogP contribution in [-0.2, 0) is 4.79 Å². The summed E-state index contributed by atoms with van der Waals surface area (Å²) in [5.74, 6) is -0.387. The van der Waals surface area contributed by atoms with Gasteiger partial charge >= 0.3 is 0 Å². The zero-order chi connectivity index (χ0) is 21.1. The van der Waals surface area contributed by atoms with Crippen molar-refractivity contribution >= 4 is 39.8 Å². The number of aromatic nitrogens is 4. The maximum atomic E-state index is 12.6. The average molecular weight is 420 g/mol. The van der Waals surface area contributed by atoms with Crippen LogP contribution in [0.15, 0.2) is 71.9 Å². The molecule has 0 radical (unpaired) electrons. The monoisotopic (exact) mass is 420 g/mol. The molecule has 1 heterocycles. The predicted molar refractivity (Wildman–Crippen MR) is 114 cm³/mol. The third-order valence-corrected chi connectivity index (χ3v) is 5.48. The van der Waals surface area contributed by atoms with Crippen LogP contribution in [0.2, 0.25) is 0 Å². The van der Waals surface area contributed by atoms with Crippen molar-refractivity contribution in [2.45, 2.75) is 17.3 Å². The van der Waals surface area contributed by atoms with Crippen LogP contribution in [0.4, 0.5) is 11.4 Å². The van der Waals surface area contributed by atoms with Crippen molar-refractivity contribution in [3.05, 3.63) is 76.8 Å². The number of anilines is 1. The molecule has 0 bridgehead atoms. The summed E-state index contributed by atoms with van der Waals surface area (Å²) >= 11 is 1.17. The summed E-state index contributed by atoms with van der Waals surface area (Å²) in [5, 5.41) is 27.5. The van der Waals surface area contributed by atoms with E-state index in [2.05, 4.69) is 20.8 Å². The molecule has 10 heteroatoms. The molecule has 4 aromatic rings. The number of hydrogen-bond acceptors (Lipinski definition) is 7. The summed E-state index contributed by atoms with van der Waals surface area (Å²) in [6.07, 6.45) is 0. The lowest BCUT2D eigenvalue weighted by Crippen LogP contribution is -2.23. The van der Waals surface area contributed by atoms with Crippen LogP contribution in [0.5, 0.6) is 0 Å². The fraction of sp³-hybridized carbons (Fsp3) is 0.100. The SMILES string of the molecule is CC(Sc1nnnn1-c1cccc2ccccc12)C(=O)Nc1ccccc1[N+](=O)[O-]. The van der Waals surface area contributed by atoms with Crippen molar-refractivity contribution in [1.29, 1.82) is 0 Å². The highest BCUT2D eigenvalue weighted by atomic mass is 32.2. The number of nitrogens with zero attached hydrogens (tertiary/aromatic N) is 5. The first-order valence-corrected chi connectivity index (χ1v) is 9.90. The molecule has 9 nitrogen and oxygen atoms in total. The molecule has 4 rings (SSSR count). The van der Waals surface area contributed by atoms with Gasteiger partial charge in [-0.25, -0.2) is 0 Å². The molecule has 0 aliphatic rings. The number of tetrazole rings is 1. The number of nitro groups is 1. The number of carbonyl (C=O) groups is 1. The Labute approximate surface area is 175 Å². The third-order valence-electron chi connectivity index (χ3n) is 4.45. The van der Waals surface area contributed by atoms with Gasteiger partial charge in [-0.05, 0) is 34.9 Å². The topological polar surface area (TPSA) is 116 Å². The Balaban J connectivity index is 1.57. The fourth-order valence-corrected chi connectivity index (χ4v) is 3.78. The quantitative estimate of drug-likeness (QED) is 0.286. The third kappa shape index (κ3) is 3.85. The standard InChI is InChI=1S/C20H16N6O3S/c1-13(19(27)21-16-10-4-5-11-18(16)26(28)29)30-20-22-23-24-25(20)17-12-6-8-14-7-2-3-9-15(14)17/h2-13H,1H3,(H,21,27). The van der Waals surface area contributed by atoms with Crippen LogP contribution in [0.25, 0.3) is 16.5 Å². The fourth-order valence-electron chi connectivity index (χ4n) is 2.98. The molecule has 150 valence electrons. The molecule has 1 N–H and O–H groups in total. The molecule has 3 aromatic carbocycles. The second-order valence-electron chi connectivity index (χ2n) is 6.40. The lowest BCUT2D eigenvalue weighted by molar-refractivity contribution is -0.383. The van der Waals surface area contributed by atoms with Gasteiger partial charge in [-0.3, -0.25) is 14.9 Å². The molecule has 1 unspecified atom stereocenters. The van der Waals surface area contributed by atoms with Gasteiger partial charge in [0.2, 0.25) is 11.1 Å². The number of nitrogens with one attached hydrogen (secondary N) is 1. The number of nitro benzene ring substituents is 1. The van der Waals surface area contributed by atoms with E-state index < -0.39 is 10.2 Å². The van der Waals surface area contributed by atoms with E-state index in [1.165, 1.54) is 23.9 Å². The van der Waals surface area contributed by atoms with Crippen LogP contribution in [0, 0.1) is 10.1 Å². The van der Waals surface area contributed by atoms with Gasteiger partial charge < -0.3 is 5.32 Å². The Morgan fingerprint density at radius 1 is 1.10 bits per heavy atom. The molecule has 0 spiro atoms. The van der Waals surface area contributed by atoms with E-state index in [0.717, 1.165) is 16.5 Å². The summed E-state index contributed by atoms with van der Waals surface area (Å²) in [5.41, 5.74) is 0.782. The number of hydrogen-bond donors (Lipinski definition) is 1. The van der Waals surface area contributed by atoms with E-state index in [1.54, 1.807) is 23.7 Å². The Bertz CT molecular complexity index is 1240. The number of fused-ring (bicyclic) bond motifs is 1. The first-order chi connectivity index (χ1) is 14.5. The second-order valence-corrected chi connectivity index (χ2v) is 7.70. The molecular weight excluding hydrogens is 404 g/mol. The maximum Gasteiger partial charge on any atom is 0.292 e. The summed E-state index contributed by atoms with van der Waals surface area (Å²) < 4.78 is 1.59. The first-order valence-electron chi connectivity index (χ1n) is 9.02. The molecule has 0 aliphatic heterocycles. The zero-order valence-corrected chi connectivity index (χ0v) is 16.6. The van der Waals surface area contributed by atoms with Crippen LogP contribution < -0.4 is 5.32 Å². The number of carbonyl (C=O) groups excluding carboxylic acids is 1. The maximum absolute atomic E-state index is 12.6. The lowest BCUT2D eigenvalue weighted by Gasteiger charge is -2.12. The van der Waals surface area contributed by atoms with Gasteiger partial charge in [0.15, 0.2) is 0 Å². The highest BCUT2D eigenvalue weighted by Crippen LogP contribution is 2.29. The number of rotatable bonds is 6. The summed E-state index contributed by atoms with van der Waals surface area (Å²) in [6, 6.07) is 19.7. The van der Waals surface area contributed by atoms with E-state index in [4.69, 9.17) is 0 Å². The van der Waals surface area contributed by atoms with E-state index in [0.29, 0.717) is 5.16 Å². The normalized spacial score (nSPS) is 11.9. The molecule has 0 fully saturated rings. The van der Waals surface area contributed by atoms with E-state index >= 15 is 0 Å². The largest absolute Gasteiger partial charge is 0.319 e. The molecule has 0 saturated heterocycles. The Morgan fingerprint density at radius 2 is 1.83 bits per heavy atom. The number of benzene rings is 3. The highest BCUT2D eigenvalue weighted by Gasteiger charge is 2.22. The lowest BCUT2D eigenvalue weighted by atomic mass is 10.1. The van der Waals surface area contributed by atoms with Crippen molar-refractivity contribution in [2.75, 3.05) is 5.32 Å². The Morgan fingerprint density at radius 3 is 2.67 bits per heavy atom. The number of thioether (sulfide) groups is 1. The van der Waals surface area contributed by atoms with Crippen molar-refractivity contribution in [3.8, 4) is 5.69 Å². The van der Waals surface area contributed by atoms with Gasteiger partial charge in [0, 0.05) is 11.5 Å². The molecule has 1 amide bonds. The Hall–Kier alpha value is -3.79. The Kier molecular flexibility index (Phi) is 5.40. The minimum absolute atomic E-state index is 0.147. The van der Waals surface area contributed by atoms with E-state index in [-0.39, 0.29) is 17.3 Å². The van der Waals surface area contributed by atoms with Gasteiger partial charge in [0.25, 0.3) is 5.69 Å². The second kappa shape index (κ2) is 8.29. The minimum atomic E-state index is -0.593. The summed E-state index contributed by atoms with van der Waals surface area (Å²) in [7, 11) is 0.